The zero-order valence-electron chi connectivity index (χ0n) is 8.82. The first kappa shape index (κ1) is 12.6. The van der Waals surface area contributed by atoms with Crippen molar-refractivity contribution in [3.05, 3.63) is 22.7 Å². The molecule has 1 aromatic rings. The molecule has 0 saturated heterocycles. The second kappa shape index (κ2) is 5.58. The molecule has 0 aromatic heterocycles. The van der Waals surface area contributed by atoms with E-state index in [1.807, 2.05) is 0 Å². The Morgan fingerprint density at radius 3 is 2.62 bits per heavy atom. The first-order valence-electron chi connectivity index (χ1n) is 4.32. The van der Waals surface area contributed by atoms with Crippen molar-refractivity contribution in [2.45, 2.75) is 0 Å². The monoisotopic (exact) mass is 246 g/mol. The molecule has 1 aromatic carbocycles. The van der Waals surface area contributed by atoms with Gasteiger partial charge in [-0.3, -0.25) is 0 Å². The summed E-state index contributed by atoms with van der Waals surface area (Å²) in [6.45, 7) is -0.0712. The molecule has 0 fully saturated rings. The third kappa shape index (κ3) is 2.77. The van der Waals surface area contributed by atoms with Crippen LogP contribution < -0.4 is 9.47 Å². The largest absolute Gasteiger partial charge is 0.493 e. The summed E-state index contributed by atoms with van der Waals surface area (Å²) in [5, 5.41) is 9.24. The number of rotatable bonds is 5. The van der Waals surface area contributed by atoms with Crippen LogP contribution in [0.5, 0.6) is 11.5 Å². The molecule has 0 bridgehead atoms. The Morgan fingerprint density at radius 1 is 1.44 bits per heavy atom. The molecule has 0 saturated carbocycles. The number of carbonyl (C=O) groups is 1. The highest BCUT2D eigenvalue weighted by Gasteiger charge is 2.18. The Morgan fingerprint density at radius 2 is 2.12 bits per heavy atom. The van der Waals surface area contributed by atoms with Crippen molar-refractivity contribution in [3.63, 3.8) is 0 Å². The van der Waals surface area contributed by atoms with E-state index in [9.17, 15) is 4.79 Å². The smallest absolute Gasteiger partial charge is 0.339 e. The molecule has 1 N–H and O–H groups in total. The average molecular weight is 247 g/mol. The molecule has 0 radical (unpaired) electrons. The fourth-order valence-corrected chi connectivity index (χ4v) is 1.35. The van der Waals surface area contributed by atoms with E-state index in [1.165, 1.54) is 26.4 Å². The Hall–Kier alpha value is -1.46. The summed E-state index contributed by atoms with van der Waals surface area (Å²) < 4.78 is 14.8. The van der Waals surface area contributed by atoms with Crippen LogP contribution in [0.2, 0.25) is 5.02 Å². The first-order chi connectivity index (χ1) is 7.60. The number of hydrogen-bond donors (Lipinski definition) is 1. The van der Waals surface area contributed by atoms with Crippen molar-refractivity contribution < 1.29 is 24.1 Å². The number of methoxy groups -OCH3 is 2. The van der Waals surface area contributed by atoms with Gasteiger partial charge in [0, 0.05) is 18.2 Å². The zero-order chi connectivity index (χ0) is 12.1. The zero-order valence-corrected chi connectivity index (χ0v) is 9.58. The first-order valence-corrected chi connectivity index (χ1v) is 4.70. The molecule has 88 valence electrons. The van der Waals surface area contributed by atoms with E-state index < -0.39 is 5.97 Å². The molecular formula is C10H11ClO5. The van der Waals surface area contributed by atoms with Gasteiger partial charge < -0.3 is 19.3 Å². The lowest BCUT2D eigenvalue weighted by Crippen LogP contribution is -2.07. The average Bonchev–Trinajstić information content (AvgIpc) is 2.26. The van der Waals surface area contributed by atoms with Crippen molar-refractivity contribution in [1.82, 2.24) is 0 Å². The van der Waals surface area contributed by atoms with E-state index in [0.29, 0.717) is 0 Å². The fraction of sp³-hybridized carbons (Fsp3) is 0.300. The van der Waals surface area contributed by atoms with Gasteiger partial charge in [-0.1, -0.05) is 11.6 Å². The van der Waals surface area contributed by atoms with Crippen LogP contribution in [0.15, 0.2) is 12.1 Å². The third-order valence-corrected chi connectivity index (χ3v) is 2.01. The Labute approximate surface area is 97.5 Å². The van der Waals surface area contributed by atoms with Crippen LogP contribution in [0.25, 0.3) is 0 Å². The summed E-state index contributed by atoms with van der Waals surface area (Å²) in [7, 11) is 2.83. The minimum Gasteiger partial charge on any atom is -0.493 e. The predicted molar refractivity (Wildman–Crippen MR) is 57.5 cm³/mol. The molecule has 0 heterocycles. The van der Waals surface area contributed by atoms with Gasteiger partial charge in [-0.05, 0) is 6.07 Å². The molecular weight excluding hydrogens is 236 g/mol. The van der Waals surface area contributed by atoms with Crippen LogP contribution in [0.3, 0.4) is 0 Å². The Bertz CT molecular complexity index is 391. The van der Waals surface area contributed by atoms with Gasteiger partial charge in [0.05, 0.1) is 7.11 Å². The second-order valence-corrected chi connectivity index (χ2v) is 3.28. The number of aromatic carboxylic acids is 1. The van der Waals surface area contributed by atoms with Crippen LogP contribution in [0, 0.1) is 0 Å². The standard InChI is InChI=1S/C10H11ClO5/c1-14-5-16-9-7(10(12)13)3-6(11)4-8(9)15-2/h3-4H,5H2,1-2H3,(H,12,13). The molecule has 0 atom stereocenters. The highest BCUT2D eigenvalue weighted by Crippen LogP contribution is 2.34. The molecule has 0 aliphatic heterocycles. The Kier molecular flexibility index (Phi) is 4.39. The summed E-state index contributed by atoms with van der Waals surface area (Å²) in [6.07, 6.45) is 0. The quantitative estimate of drug-likeness (QED) is 0.806. The maximum Gasteiger partial charge on any atom is 0.339 e. The third-order valence-electron chi connectivity index (χ3n) is 1.79. The summed E-state index contributed by atoms with van der Waals surface area (Å²) in [6, 6.07) is 2.76. The summed E-state index contributed by atoms with van der Waals surface area (Å²) in [5.74, 6) is -0.796. The number of hydrogen-bond acceptors (Lipinski definition) is 4. The van der Waals surface area contributed by atoms with E-state index in [0.717, 1.165) is 0 Å². The van der Waals surface area contributed by atoms with Gasteiger partial charge in [-0.2, -0.15) is 0 Å². The highest BCUT2D eigenvalue weighted by atomic mass is 35.5. The summed E-state index contributed by atoms with van der Waals surface area (Å²) in [4.78, 5) is 11.0. The molecule has 0 aliphatic rings. The maximum atomic E-state index is 11.0. The van der Waals surface area contributed by atoms with E-state index in [-0.39, 0.29) is 28.9 Å². The number of carboxylic acids is 1. The molecule has 16 heavy (non-hydrogen) atoms. The van der Waals surface area contributed by atoms with Gasteiger partial charge in [0.15, 0.2) is 18.3 Å². The van der Waals surface area contributed by atoms with Crippen LogP contribution in [-0.4, -0.2) is 32.1 Å². The van der Waals surface area contributed by atoms with Crippen LogP contribution in [0.4, 0.5) is 0 Å². The van der Waals surface area contributed by atoms with E-state index in [4.69, 9.17) is 30.9 Å². The van der Waals surface area contributed by atoms with Gasteiger partial charge in [-0.25, -0.2) is 4.79 Å². The van der Waals surface area contributed by atoms with Crippen LogP contribution in [0.1, 0.15) is 10.4 Å². The molecule has 6 heteroatoms. The van der Waals surface area contributed by atoms with Gasteiger partial charge >= 0.3 is 5.97 Å². The number of halogens is 1. The van der Waals surface area contributed by atoms with E-state index >= 15 is 0 Å². The summed E-state index contributed by atoms with van der Waals surface area (Å²) in [5.41, 5.74) is -0.0681. The van der Waals surface area contributed by atoms with E-state index in [1.54, 1.807) is 0 Å². The lowest BCUT2D eigenvalue weighted by molar-refractivity contribution is 0.0464. The van der Waals surface area contributed by atoms with Gasteiger partial charge in [0.2, 0.25) is 0 Å². The Balaban J connectivity index is 3.21. The normalized spacial score (nSPS) is 9.94. The minimum absolute atomic E-state index is 0.0681. The fourth-order valence-electron chi connectivity index (χ4n) is 1.15. The molecule has 0 unspecified atom stereocenters. The summed E-state index contributed by atoms with van der Waals surface area (Å²) >= 11 is 5.75. The van der Waals surface area contributed by atoms with Crippen LogP contribution in [-0.2, 0) is 4.74 Å². The maximum absolute atomic E-state index is 11.0. The second-order valence-electron chi connectivity index (χ2n) is 2.84. The van der Waals surface area contributed by atoms with Crippen molar-refractivity contribution in [2.24, 2.45) is 0 Å². The van der Waals surface area contributed by atoms with Crippen molar-refractivity contribution in [3.8, 4) is 11.5 Å². The number of benzene rings is 1. The molecule has 0 spiro atoms. The highest BCUT2D eigenvalue weighted by molar-refractivity contribution is 6.31. The van der Waals surface area contributed by atoms with Gasteiger partial charge in [0.1, 0.15) is 5.56 Å². The lowest BCUT2D eigenvalue weighted by atomic mass is 10.2. The molecule has 0 aliphatic carbocycles. The SMILES string of the molecule is COCOc1c(OC)cc(Cl)cc1C(=O)O. The van der Waals surface area contributed by atoms with Crippen molar-refractivity contribution in [1.29, 1.82) is 0 Å². The number of ether oxygens (including phenoxy) is 3. The van der Waals surface area contributed by atoms with Crippen LogP contribution >= 0.6 is 11.6 Å². The molecule has 0 amide bonds. The number of carboxylic acid groups (broad SMARTS) is 1. The van der Waals surface area contributed by atoms with Gasteiger partial charge in [-0.15, -0.1) is 0 Å². The predicted octanol–water partition coefficient (Wildman–Crippen LogP) is 2.03. The van der Waals surface area contributed by atoms with Gasteiger partial charge in [0.25, 0.3) is 0 Å². The molecule has 1 rings (SSSR count). The van der Waals surface area contributed by atoms with E-state index in [2.05, 4.69) is 0 Å². The lowest BCUT2D eigenvalue weighted by Gasteiger charge is -2.12. The molecule has 5 nitrogen and oxygen atoms in total. The van der Waals surface area contributed by atoms with Crippen molar-refractivity contribution >= 4 is 17.6 Å². The topological polar surface area (TPSA) is 65.0 Å². The van der Waals surface area contributed by atoms with Crippen molar-refractivity contribution in [2.75, 3.05) is 21.0 Å². The minimum atomic E-state index is -1.15.